The second kappa shape index (κ2) is 5.37. The molecule has 5 nitrogen and oxygen atoms in total. The minimum atomic E-state index is -0.378. The number of aliphatic hydroxyl groups excluding tert-OH is 1. The summed E-state index contributed by atoms with van der Waals surface area (Å²) in [5.74, 6) is 2.92. The van der Waals surface area contributed by atoms with Crippen LogP contribution in [0.3, 0.4) is 0 Å². The molecule has 0 aromatic carbocycles. The minimum absolute atomic E-state index is 0.280. The minimum Gasteiger partial charge on any atom is -0.391 e. The molecule has 1 aromatic rings. The van der Waals surface area contributed by atoms with Crippen LogP contribution in [0.4, 0.5) is 0 Å². The van der Waals surface area contributed by atoms with Gasteiger partial charge in [-0.05, 0) is 5.21 Å². The van der Waals surface area contributed by atoms with E-state index in [1.54, 1.807) is 7.05 Å². The SMILES string of the molecule is CC1SCCSC1C(O)Cc1nnn(C)n1. The van der Waals surface area contributed by atoms with Gasteiger partial charge in [-0.1, -0.05) is 6.92 Å². The topological polar surface area (TPSA) is 63.8 Å². The summed E-state index contributed by atoms with van der Waals surface area (Å²) in [5.41, 5.74) is 0. The predicted molar refractivity (Wildman–Crippen MR) is 66.7 cm³/mol. The van der Waals surface area contributed by atoms with Crippen molar-refractivity contribution in [2.45, 2.75) is 29.9 Å². The molecule has 1 aromatic heterocycles. The summed E-state index contributed by atoms with van der Waals surface area (Å²) in [4.78, 5) is 1.42. The molecule has 1 N–H and O–H groups in total. The molecule has 2 heterocycles. The largest absolute Gasteiger partial charge is 0.391 e. The maximum Gasteiger partial charge on any atom is 0.177 e. The van der Waals surface area contributed by atoms with Gasteiger partial charge >= 0.3 is 0 Å². The Kier molecular flexibility index (Phi) is 4.10. The second-order valence-electron chi connectivity index (χ2n) is 3.88. The van der Waals surface area contributed by atoms with Gasteiger partial charge in [0.2, 0.25) is 0 Å². The quantitative estimate of drug-likeness (QED) is 0.846. The molecule has 0 spiro atoms. The molecule has 90 valence electrons. The van der Waals surface area contributed by atoms with Crippen molar-refractivity contribution in [1.29, 1.82) is 0 Å². The van der Waals surface area contributed by atoms with Crippen LogP contribution in [0, 0.1) is 0 Å². The molecule has 1 saturated heterocycles. The highest BCUT2D eigenvalue weighted by molar-refractivity contribution is 8.07. The summed E-state index contributed by atoms with van der Waals surface area (Å²) in [5, 5.41) is 22.7. The lowest BCUT2D eigenvalue weighted by atomic mass is 10.1. The number of aliphatic hydroxyl groups is 1. The van der Waals surface area contributed by atoms with Gasteiger partial charge in [-0.2, -0.15) is 28.3 Å². The third-order valence-corrected chi connectivity index (χ3v) is 5.79. The number of hydrogen-bond donors (Lipinski definition) is 1. The average molecular weight is 260 g/mol. The molecule has 3 atom stereocenters. The zero-order chi connectivity index (χ0) is 11.5. The van der Waals surface area contributed by atoms with Crippen LogP contribution >= 0.6 is 23.5 Å². The Morgan fingerprint density at radius 1 is 1.50 bits per heavy atom. The smallest absolute Gasteiger partial charge is 0.177 e. The molecule has 0 saturated carbocycles. The number of aryl methyl sites for hydroxylation is 1. The molecule has 1 aliphatic heterocycles. The number of hydrogen-bond acceptors (Lipinski definition) is 6. The zero-order valence-corrected chi connectivity index (χ0v) is 11.0. The van der Waals surface area contributed by atoms with Crippen molar-refractivity contribution in [1.82, 2.24) is 20.2 Å². The lowest BCUT2D eigenvalue weighted by Crippen LogP contribution is -2.36. The van der Waals surface area contributed by atoms with E-state index < -0.39 is 0 Å². The van der Waals surface area contributed by atoms with E-state index in [9.17, 15) is 5.11 Å². The van der Waals surface area contributed by atoms with Gasteiger partial charge in [-0.3, -0.25) is 0 Å². The fourth-order valence-corrected chi connectivity index (χ4v) is 4.63. The summed E-state index contributed by atoms with van der Waals surface area (Å²) in [6.07, 6.45) is 0.119. The monoisotopic (exact) mass is 260 g/mol. The molecule has 16 heavy (non-hydrogen) atoms. The molecule has 3 unspecified atom stereocenters. The molecule has 2 rings (SSSR count). The number of tetrazole rings is 1. The van der Waals surface area contributed by atoms with Crippen LogP contribution in [0.25, 0.3) is 0 Å². The Morgan fingerprint density at radius 3 is 2.88 bits per heavy atom. The van der Waals surface area contributed by atoms with Crippen molar-refractivity contribution in [2.75, 3.05) is 11.5 Å². The summed E-state index contributed by atoms with van der Waals surface area (Å²) < 4.78 is 0. The summed E-state index contributed by atoms with van der Waals surface area (Å²) >= 11 is 3.78. The van der Waals surface area contributed by atoms with Crippen molar-refractivity contribution in [3.63, 3.8) is 0 Å². The maximum absolute atomic E-state index is 10.2. The fourth-order valence-electron chi connectivity index (χ4n) is 1.78. The van der Waals surface area contributed by atoms with E-state index in [0.29, 0.717) is 17.5 Å². The number of thioether (sulfide) groups is 2. The van der Waals surface area contributed by atoms with Crippen LogP contribution in [0.15, 0.2) is 0 Å². The Morgan fingerprint density at radius 2 is 2.25 bits per heavy atom. The lowest BCUT2D eigenvalue weighted by molar-refractivity contribution is 0.169. The average Bonchev–Trinajstić information content (AvgIpc) is 2.64. The normalized spacial score (nSPS) is 27.9. The predicted octanol–water partition coefficient (Wildman–Crippen LogP) is 0.351. The number of rotatable bonds is 3. The van der Waals surface area contributed by atoms with Crippen molar-refractivity contribution in [3.8, 4) is 0 Å². The molecule has 1 aliphatic rings. The summed E-state index contributed by atoms with van der Waals surface area (Å²) in [6.45, 7) is 2.18. The van der Waals surface area contributed by atoms with Gasteiger partial charge in [-0.25, -0.2) is 0 Å². The Bertz CT molecular complexity index is 346. The van der Waals surface area contributed by atoms with Gasteiger partial charge in [0.15, 0.2) is 5.82 Å². The first-order valence-corrected chi connectivity index (χ1v) is 7.40. The number of aromatic nitrogens is 4. The zero-order valence-electron chi connectivity index (χ0n) is 9.41. The second-order valence-corrected chi connectivity index (χ2v) is 6.65. The van der Waals surface area contributed by atoms with E-state index in [1.165, 1.54) is 10.5 Å². The number of nitrogens with zero attached hydrogens (tertiary/aromatic N) is 4. The highest BCUT2D eigenvalue weighted by atomic mass is 32.2. The fraction of sp³-hybridized carbons (Fsp3) is 0.889. The molecule has 0 bridgehead atoms. The van der Waals surface area contributed by atoms with Gasteiger partial charge in [0.25, 0.3) is 0 Å². The molecule has 7 heteroatoms. The van der Waals surface area contributed by atoms with E-state index in [2.05, 4.69) is 22.3 Å². The van der Waals surface area contributed by atoms with E-state index in [4.69, 9.17) is 0 Å². The van der Waals surface area contributed by atoms with Crippen LogP contribution in [-0.4, -0.2) is 53.4 Å². The standard InChI is InChI=1S/C9H16N4OS2/c1-6-9(16-4-3-15-6)7(14)5-8-10-12-13(2)11-8/h6-7,9,14H,3-5H2,1-2H3. The Labute approximate surface area is 103 Å². The Hall–Kier alpha value is -0.270. The molecule has 1 fully saturated rings. The van der Waals surface area contributed by atoms with Gasteiger partial charge < -0.3 is 5.11 Å². The van der Waals surface area contributed by atoms with Crippen LogP contribution < -0.4 is 0 Å². The summed E-state index contributed by atoms with van der Waals surface area (Å²) in [6, 6.07) is 0. The van der Waals surface area contributed by atoms with Gasteiger partial charge in [0.1, 0.15) is 0 Å². The van der Waals surface area contributed by atoms with Crippen molar-refractivity contribution in [2.24, 2.45) is 7.05 Å². The lowest BCUT2D eigenvalue weighted by Gasteiger charge is -2.31. The first-order chi connectivity index (χ1) is 7.66. The van der Waals surface area contributed by atoms with Crippen molar-refractivity contribution < 1.29 is 5.11 Å². The summed E-state index contributed by atoms with van der Waals surface area (Å²) in [7, 11) is 1.73. The third-order valence-electron chi connectivity index (χ3n) is 2.56. The van der Waals surface area contributed by atoms with Crippen molar-refractivity contribution >= 4 is 23.5 Å². The highest BCUT2D eigenvalue weighted by Crippen LogP contribution is 2.33. The van der Waals surface area contributed by atoms with E-state index in [1.807, 2.05) is 23.5 Å². The highest BCUT2D eigenvalue weighted by Gasteiger charge is 2.29. The maximum atomic E-state index is 10.2. The van der Waals surface area contributed by atoms with Crippen LogP contribution in [0.1, 0.15) is 12.7 Å². The van der Waals surface area contributed by atoms with E-state index in [-0.39, 0.29) is 11.4 Å². The van der Waals surface area contributed by atoms with E-state index >= 15 is 0 Å². The molecular formula is C9H16N4OS2. The Balaban J connectivity index is 1.93. The molecule has 0 amide bonds. The van der Waals surface area contributed by atoms with Crippen molar-refractivity contribution in [3.05, 3.63) is 5.82 Å². The van der Waals surface area contributed by atoms with Gasteiger partial charge in [-0.15, -0.1) is 10.2 Å². The van der Waals surface area contributed by atoms with Gasteiger partial charge in [0.05, 0.1) is 13.2 Å². The molecular weight excluding hydrogens is 244 g/mol. The molecule has 0 aliphatic carbocycles. The van der Waals surface area contributed by atoms with Crippen LogP contribution in [0.5, 0.6) is 0 Å². The van der Waals surface area contributed by atoms with Crippen LogP contribution in [0.2, 0.25) is 0 Å². The van der Waals surface area contributed by atoms with E-state index in [0.717, 1.165) is 5.75 Å². The first-order valence-electron chi connectivity index (χ1n) is 5.31. The first kappa shape index (κ1) is 12.2. The van der Waals surface area contributed by atoms with Gasteiger partial charge in [0, 0.05) is 28.4 Å². The third kappa shape index (κ3) is 2.89. The molecule has 0 radical (unpaired) electrons. The van der Waals surface area contributed by atoms with Crippen LogP contribution in [-0.2, 0) is 13.5 Å².